The Balaban J connectivity index is 2.70. The molecule has 0 unspecified atom stereocenters. The second-order valence-corrected chi connectivity index (χ2v) is 2.90. The van der Waals surface area contributed by atoms with Crippen molar-refractivity contribution >= 4 is 0 Å². The van der Waals surface area contributed by atoms with Crippen molar-refractivity contribution < 1.29 is 0 Å². The maximum absolute atomic E-state index is 5.42. The highest BCUT2D eigenvalue weighted by Gasteiger charge is 2.11. The van der Waals surface area contributed by atoms with Crippen LogP contribution in [-0.4, -0.2) is 5.01 Å². The van der Waals surface area contributed by atoms with E-state index in [1.54, 1.807) is 5.01 Å². The van der Waals surface area contributed by atoms with Crippen molar-refractivity contribution in [1.29, 1.82) is 0 Å². The number of hydrogen-bond donors (Lipinski definition) is 1. The van der Waals surface area contributed by atoms with Crippen LogP contribution in [0.25, 0.3) is 0 Å². The van der Waals surface area contributed by atoms with Crippen molar-refractivity contribution in [2.24, 2.45) is 11.3 Å². The second-order valence-electron chi connectivity index (χ2n) is 2.90. The minimum Gasteiger partial charge on any atom is -0.295 e. The van der Waals surface area contributed by atoms with Gasteiger partial charge in [-0.15, -0.1) is 0 Å². The van der Waals surface area contributed by atoms with Gasteiger partial charge < -0.3 is 0 Å². The molecule has 0 fully saturated rings. The van der Waals surface area contributed by atoms with E-state index >= 15 is 0 Å². The Morgan fingerprint density at radius 3 is 2.00 bits per heavy atom. The van der Waals surface area contributed by atoms with E-state index in [0.29, 0.717) is 0 Å². The zero-order valence-corrected chi connectivity index (χ0v) is 5.83. The molecule has 0 aromatic carbocycles. The minimum absolute atomic E-state index is 0.176. The molecule has 0 atom stereocenters. The first-order chi connectivity index (χ1) is 4.10. The van der Waals surface area contributed by atoms with Gasteiger partial charge in [-0.3, -0.25) is 5.01 Å². The van der Waals surface area contributed by atoms with E-state index in [1.807, 2.05) is 12.4 Å². The van der Waals surface area contributed by atoms with Crippen molar-refractivity contribution in [2.75, 3.05) is 0 Å². The van der Waals surface area contributed by atoms with Crippen LogP contribution in [0.3, 0.4) is 0 Å². The third-order valence-electron chi connectivity index (χ3n) is 1.35. The molecular formula is C7H12N2. The van der Waals surface area contributed by atoms with Gasteiger partial charge >= 0.3 is 0 Å². The standard InChI is InChI=1S/C7H12N2/c1-7(2)3-5-9(8)6-4-7/h3-6H,8H2,1-2H3. The quantitative estimate of drug-likeness (QED) is 0.492. The molecule has 0 aliphatic carbocycles. The van der Waals surface area contributed by atoms with Gasteiger partial charge in [0.15, 0.2) is 0 Å². The molecule has 0 bridgehead atoms. The van der Waals surface area contributed by atoms with E-state index in [0.717, 1.165) is 0 Å². The third-order valence-corrected chi connectivity index (χ3v) is 1.35. The zero-order valence-electron chi connectivity index (χ0n) is 5.83. The fraction of sp³-hybridized carbons (Fsp3) is 0.429. The van der Waals surface area contributed by atoms with Gasteiger partial charge in [-0.2, -0.15) is 0 Å². The van der Waals surface area contributed by atoms with Gasteiger partial charge in [-0.1, -0.05) is 26.0 Å². The molecule has 1 heterocycles. The first-order valence-corrected chi connectivity index (χ1v) is 3.02. The lowest BCUT2D eigenvalue weighted by molar-refractivity contribution is 0.482. The Hall–Kier alpha value is -0.760. The van der Waals surface area contributed by atoms with Crippen LogP contribution in [0, 0.1) is 5.41 Å². The highest BCUT2D eigenvalue weighted by atomic mass is 15.4. The molecule has 0 spiro atoms. The first kappa shape index (κ1) is 6.36. The van der Waals surface area contributed by atoms with E-state index < -0.39 is 0 Å². The van der Waals surface area contributed by atoms with Gasteiger partial charge in [0.2, 0.25) is 0 Å². The number of nitrogens with two attached hydrogens (primary N) is 1. The van der Waals surface area contributed by atoms with Crippen LogP contribution in [0.4, 0.5) is 0 Å². The van der Waals surface area contributed by atoms with Crippen LogP contribution in [-0.2, 0) is 0 Å². The first-order valence-electron chi connectivity index (χ1n) is 3.02. The van der Waals surface area contributed by atoms with Crippen LogP contribution in [0.5, 0.6) is 0 Å². The highest BCUT2D eigenvalue weighted by molar-refractivity contribution is 5.11. The fourth-order valence-electron chi connectivity index (χ4n) is 0.662. The lowest BCUT2D eigenvalue weighted by atomic mass is 9.92. The molecular weight excluding hydrogens is 112 g/mol. The Labute approximate surface area is 55.6 Å². The fourth-order valence-corrected chi connectivity index (χ4v) is 0.662. The average Bonchev–Trinajstić information content (AvgIpc) is 1.78. The minimum atomic E-state index is 0.176. The second kappa shape index (κ2) is 1.88. The summed E-state index contributed by atoms with van der Waals surface area (Å²) < 4.78 is 0. The molecule has 0 saturated carbocycles. The van der Waals surface area contributed by atoms with Crippen molar-refractivity contribution in [2.45, 2.75) is 13.8 Å². The smallest absolute Gasteiger partial charge is 0.0174 e. The van der Waals surface area contributed by atoms with E-state index in [4.69, 9.17) is 5.84 Å². The monoisotopic (exact) mass is 124 g/mol. The summed E-state index contributed by atoms with van der Waals surface area (Å²) in [4.78, 5) is 0. The summed E-state index contributed by atoms with van der Waals surface area (Å²) in [6.45, 7) is 4.26. The molecule has 2 N–H and O–H groups in total. The van der Waals surface area contributed by atoms with Gasteiger partial charge in [0.25, 0.3) is 0 Å². The number of hydrazine groups is 1. The Kier molecular flexibility index (Phi) is 1.33. The van der Waals surface area contributed by atoms with Gasteiger partial charge in [0.05, 0.1) is 0 Å². The van der Waals surface area contributed by atoms with Crippen LogP contribution in [0.15, 0.2) is 24.6 Å². The maximum Gasteiger partial charge on any atom is 0.0174 e. The molecule has 1 rings (SSSR count). The zero-order chi connectivity index (χ0) is 6.91. The van der Waals surface area contributed by atoms with Crippen molar-refractivity contribution in [1.82, 2.24) is 5.01 Å². The number of allylic oxidation sites excluding steroid dienone is 2. The van der Waals surface area contributed by atoms with Crippen LogP contribution in [0.2, 0.25) is 0 Å². The summed E-state index contributed by atoms with van der Waals surface area (Å²) in [5, 5.41) is 1.55. The molecule has 1 aliphatic heterocycles. The number of hydrogen-bond acceptors (Lipinski definition) is 2. The molecule has 50 valence electrons. The Morgan fingerprint density at radius 1 is 1.22 bits per heavy atom. The summed E-state index contributed by atoms with van der Waals surface area (Å²) in [5.41, 5.74) is 0.176. The van der Waals surface area contributed by atoms with Gasteiger partial charge in [0.1, 0.15) is 0 Å². The number of nitrogens with zero attached hydrogens (tertiary/aromatic N) is 1. The summed E-state index contributed by atoms with van der Waals surface area (Å²) in [7, 11) is 0. The highest BCUT2D eigenvalue weighted by Crippen LogP contribution is 2.21. The molecule has 0 aromatic rings. The van der Waals surface area contributed by atoms with E-state index in [-0.39, 0.29) is 5.41 Å². The SMILES string of the molecule is CC1(C)C=CN(N)C=C1. The largest absolute Gasteiger partial charge is 0.295 e. The average molecular weight is 124 g/mol. The summed E-state index contributed by atoms with van der Waals surface area (Å²) >= 11 is 0. The molecule has 1 aliphatic rings. The van der Waals surface area contributed by atoms with Gasteiger partial charge in [0, 0.05) is 17.8 Å². The molecule has 2 heteroatoms. The lowest BCUT2D eigenvalue weighted by Gasteiger charge is -2.21. The van der Waals surface area contributed by atoms with Crippen molar-refractivity contribution in [3.63, 3.8) is 0 Å². The molecule has 0 aromatic heterocycles. The Morgan fingerprint density at radius 2 is 1.67 bits per heavy atom. The summed E-state index contributed by atoms with van der Waals surface area (Å²) in [6.07, 6.45) is 7.85. The lowest BCUT2D eigenvalue weighted by Crippen LogP contribution is -2.23. The Bertz CT molecular complexity index is 140. The maximum atomic E-state index is 5.42. The van der Waals surface area contributed by atoms with Crippen LogP contribution in [0.1, 0.15) is 13.8 Å². The van der Waals surface area contributed by atoms with E-state index in [2.05, 4.69) is 26.0 Å². The van der Waals surface area contributed by atoms with Crippen molar-refractivity contribution in [3.05, 3.63) is 24.6 Å². The normalized spacial score (nSPS) is 22.8. The predicted molar refractivity (Wildman–Crippen MR) is 38.1 cm³/mol. The predicted octanol–water partition coefficient (Wildman–Crippen LogP) is 1.23. The topological polar surface area (TPSA) is 29.3 Å². The molecule has 2 nitrogen and oxygen atoms in total. The molecule has 0 saturated heterocycles. The van der Waals surface area contributed by atoms with Gasteiger partial charge in [-0.25, -0.2) is 5.84 Å². The molecule has 0 radical (unpaired) electrons. The molecule has 9 heavy (non-hydrogen) atoms. The molecule has 0 amide bonds. The third kappa shape index (κ3) is 1.57. The van der Waals surface area contributed by atoms with Crippen LogP contribution >= 0.6 is 0 Å². The van der Waals surface area contributed by atoms with Gasteiger partial charge in [-0.05, 0) is 0 Å². The van der Waals surface area contributed by atoms with Crippen molar-refractivity contribution in [3.8, 4) is 0 Å². The summed E-state index contributed by atoms with van der Waals surface area (Å²) in [6, 6.07) is 0. The van der Waals surface area contributed by atoms with Crippen LogP contribution < -0.4 is 5.84 Å². The van der Waals surface area contributed by atoms with E-state index in [9.17, 15) is 0 Å². The number of rotatable bonds is 0. The van der Waals surface area contributed by atoms with E-state index in [1.165, 1.54) is 0 Å². The summed E-state index contributed by atoms with van der Waals surface area (Å²) in [5.74, 6) is 5.42.